The standard InChI is InChI=1S/C18H16BrClN2O2/c1-11(23)22-8-2-3-12-9-14(5-7-17(12)22)21-18(24)15-10-13(20)4-6-16(15)19/h4-7,9-10H,2-3,8H2,1H3,(H,21,24). The van der Waals surface area contributed by atoms with E-state index in [-0.39, 0.29) is 11.8 Å². The van der Waals surface area contributed by atoms with E-state index in [0.717, 1.165) is 30.6 Å². The molecule has 2 aromatic carbocycles. The quantitative estimate of drug-likeness (QED) is 0.787. The van der Waals surface area contributed by atoms with Crippen LogP contribution in [0.3, 0.4) is 0 Å². The number of anilines is 2. The SMILES string of the molecule is CC(=O)N1CCCc2cc(NC(=O)c3cc(Cl)ccc3Br)ccc21. The van der Waals surface area contributed by atoms with Crippen LogP contribution in [-0.2, 0) is 11.2 Å². The zero-order valence-corrected chi connectivity index (χ0v) is 15.4. The summed E-state index contributed by atoms with van der Waals surface area (Å²) in [5.41, 5.74) is 3.18. The van der Waals surface area contributed by atoms with Crippen molar-refractivity contribution >= 4 is 50.7 Å². The fraction of sp³-hybridized carbons (Fsp3) is 0.222. The van der Waals surface area contributed by atoms with Gasteiger partial charge in [0.15, 0.2) is 0 Å². The minimum atomic E-state index is -0.233. The summed E-state index contributed by atoms with van der Waals surface area (Å²) >= 11 is 9.33. The first-order chi connectivity index (χ1) is 11.5. The molecule has 0 aliphatic carbocycles. The Morgan fingerprint density at radius 3 is 2.75 bits per heavy atom. The monoisotopic (exact) mass is 406 g/mol. The van der Waals surface area contributed by atoms with Crippen LogP contribution < -0.4 is 10.2 Å². The molecule has 1 aliphatic rings. The number of nitrogens with zero attached hydrogens (tertiary/aromatic N) is 1. The average molecular weight is 408 g/mol. The number of hydrogen-bond donors (Lipinski definition) is 1. The van der Waals surface area contributed by atoms with Crippen molar-refractivity contribution in [1.29, 1.82) is 0 Å². The summed E-state index contributed by atoms with van der Waals surface area (Å²) in [4.78, 5) is 26.0. The summed E-state index contributed by atoms with van der Waals surface area (Å²) in [5, 5.41) is 3.39. The largest absolute Gasteiger partial charge is 0.322 e. The number of hydrogen-bond acceptors (Lipinski definition) is 2. The Kier molecular flexibility index (Phi) is 4.92. The molecule has 1 heterocycles. The first kappa shape index (κ1) is 17.0. The number of amides is 2. The molecule has 24 heavy (non-hydrogen) atoms. The van der Waals surface area contributed by atoms with E-state index in [9.17, 15) is 9.59 Å². The third-order valence-corrected chi connectivity index (χ3v) is 4.94. The maximum atomic E-state index is 12.5. The zero-order chi connectivity index (χ0) is 17.3. The van der Waals surface area contributed by atoms with Crippen molar-refractivity contribution in [1.82, 2.24) is 0 Å². The molecule has 4 nitrogen and oxygen atoms in total. The fourth-order valence-electron chi connectivity index (χ4n) is 2.87. The first-order valence-corrected chi connectivity index (χ1v) is 8.80. The van der Waals surface area contributed by atoms with Crippen LogP contribution in [0.4, 0.5) is 11.4 Å². The number of rotatable bonds is 2. The summed E-state index contributed by atoms with van der Waals surface area (Å²) < 4.78 is 0.685. The number of carbonyl (C=O) groups excluding carboxylic acids is 2. The fourth-order valence-corrected chi connectivity index (χ4v) is 3.47. The average Bonchev–Trinajstić information content (AvgIpc) is 2.56. The van der Waals surface area contributed by atoms with Crippen molar-refractivity contribution in [3.05, 3.63) is 57.0 Å². The van der Waals surface area contributed by atoms with E-state index in [1.165, 1.54) is 0 Å². The van der Waals surface area contributed by atoms with Crippen molar-refractivity contribution < 1.29 is 9.59 Å². The Morgan fingerprint density at radius 1 is 1.21 bits per heavy atom. The number of halogens is 2. The highest BCUT2D eigenvalue weighted by Gasteiger charge is 2.20. The number of nitrogens with one attached hydrogen (secondary N) is 1. The molecular formula is C18H16BrClN2O2. The van der Waals surface area contributed by atoms with Gasteiger partial charge in [-0.1, -0.05) is 11.6 Å². The summed E-state index contributed by atoms with van der Waals surface area (Å²) in [6.07, 6.45) is 1.81. The molecule has 0 unspecified atom stereocenters. The Balaban J connectivity index is 1.85. The topological polar surface area (TPSA) is 49.4 Å². The summed E-state index contributed by atoms with van der Waals surface area (Å²) in [5.74, 6) is -0.195. The Labute approximate surface area is 153 Å². The van der Waals surface area contributed by atoms with E-state index < -0.39 is 0 Å². The highest BCUT2D eigenvalue weighted by Crippen LogP contribution is 2.30. The molecule has 0 saturated carbocycles. The van der Waals surface area contributed by atoms with Gasteiger partial charge >= 0.3 is 0 Å². The summed E-state index contributed by atoms with van der Waals surface area (Å²) in [6, 6.07) is 10.7. The summed E-state index contributed by atoms with van der Waals surface area (Å²) in [6.45, 7) is 2.31. The summed E-state index contributed by atoms with van der Waals surface area (Å²) in [7, 11) is 0. The first-order valence-electron chi connectivity index (χ1n) is 7.63. The lowest BCUT2D eigenvalue weighted by molar-refractivity contribution is -0.116. The van der Waals surface area contributed by atoms with Crippen LogP contribution in [-0.4, -0.2) is 18.4 Å². The van der Waals surface area contributed by atoms with Gasteiger partial charge in [-0.25, -0.2) is 0 Å². The van der Waals surface area contributed by atoms with E-state index in [1.807, 2.05) is 18.2 Å². The Bertz CT molecular complexity index is 823. The molecule has 2 amide bonds. The molecule has 0 radical (unpaired) electrons. The minimum absolute atomic E-state index is 0.0376. The lowest BCUT2D eigenvalue weighted by Gasteiger charge is -2.29. The zero-order valence-electron chi connectivity index (χ0n) is 13.1. The van der Waals surface area contributed by atoms with Gasteiger partial charge in [0.25, 0.3) is 5.91 Å². The van der Waals surface area contributed by atoms with Gasteiger partial charge in [-0.15, -0.1) is 0 Å². The van der Waals surface area contributed by atoms with Gasteiger partial charge in [0.05, 0.1) is 5.56 Å². The van der Waals surface area contributed by atoms with E-state index in [2.05, 4.69) is 21.2 Å². The van der Waals surface area contributed by atoms with Gasteiger partial charge in [-0.3, -0.25) is 9.59 Å². The molecule has 0 atom stereocenters. The van der Waals surface area contributed by atoms with Crippen LogP contribution >= 0.6 is 27.5 Å². The van der Waals surface area contributed by atoms with Gasteiger partial charge in [0.1, 0.15) is 0 Å². The molecule has 1 aliphatic heterocycles. The lowest BCUT2D eigenvalue weighted by atomic mass is 10.0. The normalized spacial score (nSPS) is 13.4. The molecule has 0 saturated heterocycles. The Hall–Kier alpha value is -1.85. The minimum Gasteiger partial charge on any atom is -0.322 e. The molecule has 2 aromatic rings. The van der Waals surface area contributed by atoms with E-state index >= 15 is 0 Å². The second kappa shape index (κ2) is 6.95. The van der Waals surface area contributed by atoms with Crippen molar-refractivity contribution in [2.24, 2.45) is 0 Å². The third kappa shape index (κ3) is 3.47. The molecule has 124 valence electrons. The molecule has 0 bridgehead atoms. The van der Waals surface area contributed by atoms with Crippen LogP contribution in [0.5, 0.6) is 0 Å². The van der Waals surface area contributed by atoms with Gasteiger partial charge in [-0.2, -0.15) is 0 Å². The highest BCUT2D eigenvalue weighted by atomic mass is 79.9. The van der Waals surface area contributed by atoms with Crippen LogP contribution in [0.15, 0.2) is 40.9 Å². The molecule has 6 heteroatoms. The molecule has 0 aromatic heterocycles. The van der Waals surface area contributed by atoms with Crippen molar-refractivity contribution in [2.45, 2.75) is 19.8 Å². The van der Waals surface area contributed by atoms with Gasteiger partial charge in [-0.05, 0) is 70.7 Å². The molecule has 1 N–H and O–H groups in total. The molecule has 0 spiro atoms. The molecule has 3 rings (SSSR count). The Morgan fingerprint density at radius 2 is 2.00 bits per heavy atom. The van der Waals surface area contributed by atoms with Gasteiger partial charge in [0, 0.05) is 34.3 Å². The maximum absolute atomic E-state index is 12.5. The van der Waals surface area contributed by atoms with Crippen LogP contribution in [0.25, 0.3) is 0 Å². The number of aryl methyl sites for hydroxylation is 1. The van der Waals surface area contributed by atoms with Crippen LogP contribution in [0.1, 0.15) is 29.3 Å². The smallest absolute Gasteiger partial charge is 0.256 e. The molecular weight excluding hydrogens is 392 g/mol. The third-order valence-electron chi connectivity index (χ3n) is 4.01. The second-order valence-electron chi connectivity index (χ2n) is 5.70. The van der Waals surface area contributed by atoms with Crippen molar-refractivity contribution in [2.75, 3.05) is 16.8 Å². The number of benzene rings is 2. The lowest BCUT2D eigenvalue weighted by Crippen LogP contribution is -2.33. The maximum Gasteiger partial charge on any atom is 0.256 e. The van der Waals surface area contributed by atoms with Crippen molar-refractivity contribution in [3.8, 4) is 0 Å². The van der Waals surface area contributed by atoms with E-state index in [1.54, 1.807) is 30.0 Å². The predicted octanol–water partition coefficient (Wildman–Crippen LogP) is 4.65. The number of fused-ring (bicyclic) bond motifs is 1. The predicted molar refractivity (Wildman–Crippen MR) is 99.9 cm³/mol. The second-order valence-corrected chi connectivity index (χ2v) is 6.99. The van der Waals surface area contributed by atoms with E-state index in [0.29, 0.717) is 20.7 Å². The molecule has 0 fully saturated rings. The van der Waals surface area contributed by atoms with Crippen molar-refractivity contribution in [3.63, 3.8) is 0 Å². The van der Waals surface area contributed by atoms with Gasteiger partial charge < -0.3 is 10.2 Å². The van der Waals surface area contributed by atoms with Crippen LogP contribution in [0.2, 0.25) is 5.02 Å². The van der Waals surface area contributed by atoms with Gasteiger partial charge in [0.2, 0.25) is 5.91 Å². The van der Waals surface area contributed by atoms with E-state index in [4.69, 9.17) is 11.6 Å². The highest BCUT2D eigenvalue weighted by molar-refractivity contribution is 9.10. The number of carbonyl (C=O) groups is 2. The van der Waals surface area contributed by atoms with Crippen LogP contribution in [0, 0.1) is 0 Å².